The van der Waals surface area contributed by atoms with Crippen molar-refractivity contribution in [3.8, 4) is 18.0 Å². The Morgan fingerprint density at radius 2 is 0.790 bits per heavy atom. The number of aliphatic hydroxyl groups is 1. The molecule has 0 radical (unpaired) electrons. The number of piperazine rings is 3. The summed E-state index contributed by atoms with van der Waals surface area (Å²) in [6.45, 7) is 24.3. The van der Waals surface area contributed by atoms with E-state index in [4.69, 9.17) is 54.0 Å². The molecule has 0 bridgehead atoms. The van der Waals surface area contributed by atoms with E-state index in [1.165, 1.54) is 72.6 Å². The van der Waals surface area contributed by atoms with Crippen LogP contribution in [0.1, 0.15) is 107 Å². The molecule has 4 N–H and O–H groups in total. The lowest BCUT2D eigenvalue weighted by Crippen LogP contribution is -2.49. The molecule has 3 amide bonds. The maximum absolute atomic E-state index is 14.7. The number of methoxy groups -OCH3 is 1. The highest BCUT2D eigenvalue weighted by Gasteiger charge is 2.46. The predicted molar refractivity (Wildman–Crippen MR) is 521 cm³/mol. The maximum atomic E-state index is 14.7. The average Bonchev–Trinajstić information content (AvgIpc) is 1.78. The Bertz CT molecular complexity index is 5960. The van der Waals surface area contributed by atoms with E-state index in [-0.39, 0.29) is 164 Å². The number of aryl methyl sites for hydroxylation is 3. The minimum atomic E-state index is -4.59. The SMILES string of the molecule is C=C(F)C(=O)N1CCN(c2nc(OC[C@@H]3CC(C)(F)CN3C)nc3c2CCN(c2c(C)c(C)cc4[nH]ncc24)C3)CC1.COC/C=C/C(=O)N1CCN(c2nc(OC[C@@H]3CC(C)(F)CN3C)nc3c2CCN(c2c(C(F)(F)F)c(C)cc4[nH]ncc24)C3)CC1.Cc1cc2[nH]ncc2c(N2CCc3c(nc(OC[C@@H]4CC(C)(F)CN4C)nc3N3CCN(C(=O)/C=C/CO)CC3)C2)c1C(F)(F)F.S.S.S. The molecule has 9 aliphatic heterocycles. The molecule has 6 atom stereocenters. The Morgan fingerprint density at radius 1 is 0.471 bits per heavy atom. The third kappa shape index (κ3) is 23.0. The van der Waals surface area contributed by atoms with Crippen LogP contribution >= 0.6 is 40.5 Å². The molecular formula is C93H122F10N24O8S3. The molecule has 138 heavy (non-hydrogen) atoms. The summed E-state index contributed by atoms with van der Waals surface area (Å²) >= 11 is 0. The van der Waals surface area contributed by atoms with Crippen molar-refractivity contribution >= 4 is 125 Å². The van der Waals surface area contributed by atoms with Gasteiger partial charge in [0.2, 0.25) is 11.8 Å². The van der Waals surface area contributed by atoms with Gasteiger partial charge in [0.15, 0.2) is 5.83 Å². The Labute approximate surface area is 814 Å². The summed E-state index contributed by atoms with van der Waals surface area (Å²) in [5.41, 5.74) is 5.28. The highest BCUT2D eigenvalue weighted by atomic mass is 32.1. The molecule has 15 heterocycles. The second kappa shape index (κ2) is 42.8. The lowest BCUT2D eigenvalue weighted by atomic mass is 9.98. The number of aliphatic hydroxyl groups excluding tert-OH is 1. The number of halogens is 10. The summed E-state index contributed by atoms with van der Waals surface area (Å²) in [7, 11) is 7.15. The van der Waals surface area contributed by atoms with Crippen LogP contribution in [0.3, 0.4) is 0 Å². The molecule has 0 saturated carbocycles. The van der Waals surface area contributed by atoms with E-state index in [9.17, 15) is 58.3 Å². The smallest absolute Gasteiger partial charge is 0.418 e. The number of rotatable bonds is 21. The fourth-order valence-electron chi connectivity index (χ4n) is 20.5. The first kappa shape index (κ1) is 105. The van der Waals surface area contributed by atoms with E-state index >= 15 is 0 Å². The first-order chi connectivity index (χ1) is 64.2. The second-order valence-corrected chi connectivity index (χ2v) is 37.5. The number of likely N-dealkylation sites (N-methyl/N-ethyl adjacent to an activating group) is 3. The zero-order valence-corrected chi connectivity index (χ0v) is 82.3. The van der Waals surface area contributed by atoms with E-state index in [2.05, 4.69) is 71.8 Å². The zero-order chi connectivity index (χ0) is 96.1. The van der Waals surface area contributed by atoms with Crippen molar-refractivity contribution in [1.82, 2.24) is 89.9 Å². The van der Waals surface area contributed by atoms with Gasteiger partial charge in [0.25, 0.3) is 5.91 Å². The molecule has 750 valence electrons. The average molecular weight is 1990 g/mol. The van der Waals surface area contributed by atoms with E-state index in [1.54, 1.807) is 53.6 Å². The third-order valence-corrected chi connectivity index (χ3v) is 27.2. The van der Waals surface area contributed by atoms with Gasteiger partial charge in [-0.2, -0.15) is 112 Å². The van der Waals surface area contributed by atoms with E-state index in [0.717, 1.165) is 57.8 Å². The number of H-pyrrole nitrogens is 3. The number of benzene rings is 3. The summed E-state index contributed by atoms with van der Waals surface area (Å²) in [5.74, 6) is 0.151. The number of ether oxygens (including phenoxy) is 4. The molecule has 6 fully saturated rings. The number of aromatic nitrogens is 12. The number of anilines is 6. The number of carbonyl (C=O) groups excluding carboxylic acids is 3. The van der Waals surface area contributed by atoms with E-state index < -0.39 is 52.2 Å². The molecule has 9 aliphatic rings. The lowest BCUT2D eigenvalue weighted by molar-refractivity contribution is -0.138. The van der Waals surface area contributed by atoms with Gasteiger partial charge in [-0.1, -0.05) is 18.7 Å². The fraction of sp³-hybridized carbons (Fsp3) is 0.548. The number of nitrogens with zero attached hydrogens (tertiary/aromatic N) is 21. The quantitative estimate of drug-likeness (QED) is 0.0384. The number of likely N-dealkylation sites (tertiary alicyclic amines) is 3. The lowest BCUT2D eigenvalue weighted by Gasteiger charge is -2.38. The van der Waals surface area contributed by atoms with Gasteiger partial charge < -0.3 is 68.2 Å². The van der Waals surface area contributed by atoms with Crippen molar-refractivity contribution in [2.45, 2.75) is 154 Å². The normalized spacial score (nSPS) is 22.2. The number of fused-ring (bicyclic) bond motifs is 6. The van der Waals surface area contributed by atoms with Gasteiger partial charge >= 0.3 is 30.4 Å². The Kier molecular flexibility index (Phi) is 32.4. The summed E-state index contributed by atoms with van der Waals surface area (Å²) in [5, 5.41) is 31.9. The second-order valence-electron chi connectivity index (χ2n) is 37.5. The predicted octanol–water partition coefficient (Wildman–Crippen LogP) is 11.0. The summed E-state index contributed by atoms with van der Waals surface area (Å²) in [6, 6.07) is 5.04. The van der Waals surface area contributed by atoms with Crippen LogP contribution in [0.25, 0.3) is 32.7 Å². The van der Waals surface area contributed by atoms with E-state index in [0.29, 0.717) is 188 Å². The van der Waals surface area contributed by atoms with Crippen molar-refractivity contribution < 1.29 is 82.3 Å². The van der Waals surface area contributed by atoms with Crippen molar-refractivity contribution in [3.63, 3.8) is 0 Å². The van der Waals surface area contributed by atoms with Crippen LogP contribution in [-0.4, -0.2) is 327 Å². The third-order valence-electron chi connectivity index (χ3n) is 27.2. The monoisotopic (exact) mass is 1990 g/mol. The molecule has 0 aliphatic carbocycles. The number of alkyl halides is 9. The Balaban J connectivity index is 0.000000173. The molecule has 32 nitrogen and oxygen atoms in total. The molecule has 45 heteroatoms. The fourth-order valence-corrected chi connectivity index (χ4v) is 20.5. The van der Waals surface area contributed by atoms with Gasteiger partial charge in [-0.05, 0) is 129 Å². The standard InChI is InChI=1S/C32H40F4N8O3.C31H38F4N8O3.C30H38F2N8O2.3H2S/c1-20-14-24-23(16-37-40-24)28(27(20)32(34,35)36)44-8-7-22-25(17-44)38-30(47-18-21-15-31(2,33)19-41(21)3)39-29(22)43-11-9-42(10-12-43)26(45)6-5-13-46-4;1-19-13-23-22(15-36-39-23)27(26(19)31(33,34)35)43-7-6-21-24(16-43)37-29(46-17-20-14-30(2,32)18-40(20)3)38-28(21)42-10-8-41(9-11-42)25(45)5-4-12-44;1-18-12-24-23(14-33-36-24)26(19(18)2)40-7-6-22-25(15-40)34-29(42-16-21-13-30(4,32)17-37(21)5)35-27(22)38-8-10-39(11-9-38)28(41)20(3)31;;;/h5-6,14,16,21H,7-13,15,17-19H2,1-4H3,(H,37,40);4-5,13,15,20,44H,6-12,14,16-18H2,1-3H3,(H,36,39);12,14,21H,3,6-11,13,15-17H2,1-2,4-5H3,(H,33,36);3*1H2/b6-5+;5-4+;;;;/t21-,31?;20-,30?;21-,30?;;;/m000.../s1. The highest BCUT2D eigenvalue weighted by Crippen LogP contribution is 2.49. The van der Waals surface area contributed by atoms with Gasteiger partial charge in [-0.25, -0.2) is 17.6 Å². The van der Waals surface area contributed by atoms with Crippen LogP contribution in [-0.2, 0) is 70.4 Å². The zero-order valence-electron chi connectivity index (χ0n) is 79.3. The number of amides is 3. The van der Waals surface area contributed by atoms with Gasteiger partial charge in [-0.15, -0.1) is 0 Å². The maximum Gasteiger partial charge on any atom is 0.418 e. The Morgan fingerprint density at radius 3 is 1.10 bits per heavy atom. The first-order valence-electron chi connectivity index (χ1n) is 45.6. The molecule has 6 aromatic heterocycles. The van der Waals surface area contributed by atoms with Gasteiger partial charge in [-0.3, -0.25) is 44.4 Å². The topological polar surface area (TPSA) is 311 Å². The van der Waals surface area contributed by atoms with Crippen LogP contribution in [0.4, 0.5) is 78.4 Å². The molecule has 3 unspecified atom stereocenters. The van der Waals surface area contributed by atoms with Gasteiger partial charge in [0.1, 0.15) is 54.3 Å². The molecule has 18 rings (SSSR count). The number of aromatic amines is 3. The largest absolute Gasteiger partial charge is 0.462 e. The molecule has 3 aromatic carbocycles. The van der Waals surface area contributed by atoms with Crippen molar-refractivity contribution in [2.24, 2.45) is 0 Å². The highest BCUT2D eigenvalue weighted by molar-refractivity contribution is 7.59. The molecular weight excluding hydrogens is 1870 g/mol. The number of carbonyl (C=O) groups is 3. The van der Waals surface area contributed by atoms with Crippen molar-refractivity contribution in [2.75, 3.05) is 208 Å². The van der Waals surface area contributed by atoms with Crippen LogP contribution < -0.4 is 43.6 Å². The van der Waals surface area contributed by atoms with Crippen molar-refractivity contribution in [1.29, 1.82) is 0 Å². The summed E-state index contributed by atoms with van der Waals surface area (Å²) < 4.78 is 168. The van der Waals surface area contributed by atoms with Crippen LogP contribution in [0, 0.1) is 27.7 Å². The molecule has 0 spiro atoms. The van der Waals surface area contributed by atoms with Crippen LogP contribution in [0.5, 0.6) is 18.0 Å². The number of hydrogen-bond acceptors (Lipinski definition) is 26. The first-order valence-corrected chi connectivity index (χ1v) is 45.6. The van der Waals surface area contributed by atoms with E-state index in [1.807, 2.05) is 46.9 Å². The van der Waals surface area contributed by atoms with Gasteiger partial charge in [0, 0.05) is 207 Å². The number of hydrogen-bond donors (Lipinski definition) is 4. The molecule has 6 saturated heterocycles. The molecule has 9 aromatic rings. The minimum Gasteiger partial charge on any atom is -0.462 e. The summed E-state index contributed by atoms with van der Waals surface area (Å²) in [4.78, 5) is 88.7. The summed E-state index contributed by atoms with van der Waals surface area (Å²) in [6.07, 6.45) is 3.98. The van der Waals surface area contributed by atoms with Crippen LogP contribution in [0.15, 0.2) is 73.5 Å². The van der Waals surface area contributed by atoms with Gasteiger partial charge in [0.05, 0.1) is 113 Å². The van der Waals surface area contributed by atoms with Crippen molar-refractivity contribution in [3.05, 3.63) is 141 Å². The Hall–Kier alpha value is -10.7. The number of nitrogens with one attached hydrogen (secondary N) is 3. The minimum absolute atomic E-state index is 0. The van der Waals surface area contributed by atoms with Crippen LogP contribution in [0.2, 0.25) is 0 Å².